The smallest absolute Gasteiger partial charge is 0.122 e. The Kier molecular flexibility index (Phi) is 3.27. The van der Waals surface area contributed by atoms with Gasteiger partial charge in [0.2, 0.25) is 0 Å². The normalized spacial score (nSPS) is 16.7. The van der Waals surface area contributed by atoms with Gasteiger partial charge in [0.15, 0.2) is 0 Å². The highest BCUT2D eigenvalue weighted by molar-refractivity contribution is 5.40. The quantitative estimate of drug-likeness (QED) is 0.817. The average molecular weight is 205 g/mol. The summed E-state index contributed by atoms with van der Waals surface area (Å²) in [5.41, 5.74) is 2.73. The van der Waals surface area contributed by atoms with E-state index in [1.807, 2.05) is 7.05 Å². The van der Waals surface area contributed by atoms with Gasteiger partial charge in [0, 0.05) is 6.54 Å². The van der Waals surface area contributed by atoms with Crippen molar-refractivity contribution in [2.75, 3.05) is 20.2 Å². The van der Waals surface area contributed by atoms with Crippen molar-refractivity contribution in [3.8, 4) is 5.75 Å². The van der Waals surface area contributed by atoms with Crippen LogP contribution in [0, 0.1) is 0 Å². The molecule has 0 radical (unpaired) electrons. The van der Waals surface area contributed by atoms with E-state index in [4.69, 9.17) is 4.74 Å². The maximum absolute atomic E-state index is 5.67. The van der Waals surface area contributed by atoms with Crippen molar-refractivity contribution in [1.29, 1.82) is 0 Å². The molecule has 82 valence electrons. The highest BCUT2D eigenvalue weighted by atomic mass is 16.5. The number of hydrogen-bond donors (Lipinski definition) is 1. The second-order valence-corrected chi connectivity index (χ2v) is 4.28. The number of rotatable bonds is 3. The molecule has 0 saturated carbocycles. The second kappa shape index (κ2) is 4.67. The van der Waals surface area contributed by atoms with Crippen LogP contribution in [0.2, 0.25) is 0 Å². The molecule has 0 aromatic heterocycles. The standard InChI is InChI=1S/C13H19NO/c1-10(9-14-2)12-6-5-11-4-3-7-15-13(11)8-12/h5-6,8,10,14H,3-4,7,9H2,1-2H3. The summed E-state index contributed by atoms with van der Waals surface area (Å²) in [4.78, 5) is 0. The monoisotopic (exact) mass is 205 g/mol. The highest BCUT2D eigenvalue weighted by Crippen LogP contribution is 2.28. The van der Waals surface area contributed by atoms with Crippen LogP contribution < -0.4 is 10.1 Å². The van der Waals surface area contributed by atoms with Crippen molar-refractivity contribution in [2.24, 2.45) is 0 Å². The van der Waals surface area contributed by atoms with Crippen molar-refractivity contribution < 1.29 is 4.74 Å². The summed E-state index contributed by atoms with van der Waals surface area (Å²) in [5.74, 6) is 1.65. The van der Waals surface area contributed by atoms with Gasteiger partial charge in [-0.1, -0.05) is 19.1 Å². The van der Waals surface area contributed by atoms with Gasteiger partial charge in [-0.3, -0.25) is 0 Å². The molecule has 0 fully saturated rings. The van der Waals surface area contributed by atoms with Crippen LogP contribution in [-0.2, 0) is 6.42 Å². The summed E-state index contributed by atoms with van der Waals surface area (Å²) < 4.78 is 5.67. The Balaban J connectivity index is 2.20. The molecular weight excluding hydrogens is 186 g/mol. The van der Waals surface area contributed by atoms with Gasteiger partial charge in [0.25, 0.3) is 0 Å². The van der Waals surface area contributed by atoms with Crippen LogP contribution in [-0.4, -0.2) is 20.2 Å². The minimum absolute atomic E-state index is 0.547. The third kappa shape index (κ3) is 2.32. The van der Waals surface area contributed by atoms with Crippen LogP contribution in [0.15, 0.2) is 18.2 Å². The Morgan fingerprint density at radius 2 is 2.33 bits per heavy atom. The second-order valence-electron chi connectivity index (χ2n) is 4.28. The Morgan fingerprint density at radius 3 is 3.13 bits per heavy atom. The van der Waals surface area contributed by atoms with E-state index < -0.39 is 0 Å². The number of likely N-dealkylation sites (N-methyl/N-ethyl adjacent to an activating group) is 1. The summed E-state index contributed by atoms with van der Waals surface area (Å²) in [6.07, 6.45) is 2.31. The number of nitrogens with one attached hydrogen (secondary N) is 1. The summed E-state index contributed by atoms with van der Waals surface area (Å²) in [6, 6.07) is 6.65. The molecule has 0 bridgehead atoms. The van der Waals surface area contributed by atoms with E-state index in [0.29, 0.717) is 5.92 Å². The van der Waals surface area contributed by atoms with Crippen molar-refractivity contribution in [3.05, 3.63) is 29.3 Å². The molecule has 1 unspecified atom stereocenters. The first-order valence-electron chi connectivity index (χ1n) is 5.71. The summed E-state index contributed by atoms with van der Waals surface area (Å²) in [7, 11) is 1.99. The molecule has 1 aromatic carbocycles. The first-order chi connectivity index (χ1) is 7.31. The van der Waals surface area contributed by atoms with Crippen molar-refractivity contribution in [2.45, 2.75) is 25.7 Å². The molecular formula is C13H19NO. The molecule has 2 heteroatoms. The molecule has 0 aliphatic carbocycles. The predicted molar refractivity (Wildman–Crippen MR) is 62.6 cm³/mol. The van der Waals surface area contributed by atoms with E-state index in [-0.39, 0.29) is 0 Å². The van der Waals surface area contributed by atoms with Crippen LogP contribution in [0.3, 0.4) is 0 Å². The summed E-state index contributed by atoms with van der Waals surface area (Å²) in [5, 5.41) is 3.21. The zero-order chi connectivity index (χ0) is 10.7. The minimum Gasteiger partial charge on any atom is -0.493 e. The van der Waals surface area contributed by atoms with E-state index in [9.17, 15) is 0 Å². The number of aryl methyl sites for hydroxylation is 1. The van der Waals surface area contributed by atoms with E-state index in [1.54, 1.807) is 0 Å². The molecule has 1 aliphatic heterocycles. The third-order valence-corrected chi connectivity index (χ3v) is 3.02. The Hall–Kier alpha value is -1.02. The van der Waals surface area contributed by atoms with Gasteiger partial charge >= 0.3 is 0 Å². The topological polar surface area (TPSA) is 21.3 Å². The number of benzene rings is 1. The Morgan fingerprint density at radius 1 is 1.47 bits per heavy atom. The van der Waals surface area contributed by atoms with E-state index in [1.165, 1.54) is 11.1 Å². The molecule has 0 saturated heterocycles. The van der Waals surface area contributed by atoms with Crippen LogP contribution >= 0.6 is 0 Å². The first-order valence-corrected chi connectivity index (χ1v) is 5.71. The van der Waals surface area contributed by atoms with Gasteiger partial charge in [-0.2, -0.15) is 0 Å². The highest BCUT2D eigenvalue weighted by Gasteiger charge is 2.12. The lowest BCUT2D eigenvalue weighted by atomic mass is 9.97. The molecule has 0 spiro atoms. The van der Waals surface area contributed by atoms with Crippen LogP contribution in [0.5, 0.6) is 5.75 Å². The molecule has 2 rings (SSSR count). The maximum atomic E-state index is 5.67. The van der Waals surface area contributed by atoms with Gasteiger partial charge in [-0.05, 0) is 43.0 Å². The molecule has 0 amide bonds. The fourth-order valence-corrected chi connectivity index (χ4v) is 2.09. The molecule has 15 heavy (non-hydrogen) atoms. The lowest BCUT2D eigenvalue weighted by molar-refractivity contribution is 0.288. The number of ether oxygens (including phenoxy) is 1. The first kappa shape index (κ1) is 10.5. The fraction of sp³-hybridized carbons (Fsp3) is 0.538. The lowest BCUT2D eigenvalue weighted by Gasteiger charge is -2.19. The summed E-state index contributed by atoms with van der Waals surface area (Å²) >= 11 is 0. The molecule has 2 nitrogen and oxygen atoms in total. The molecule has 1 N–H and O–H groups in total. The van der Waals surface area contributed by atoms with E-state index in [2.05, 4.69) is 30.4 Å². The molecule has 1 aliphatic rings. The van der Waals surface area contributed by atoms with Gasteiger partial charge < -0.3 is 10.1 Å². The van der Waals surface area contributed by atoms with Gasteiger partial charge in [-0.25, -0.2) is 0 Å². The minimum atomic E-state index is 0.547. The van der Waals surface area contributed by atoms with Gasteiger partial charge in [0.05, 0.1) is 6.61 Å². The van der Waals surface area contributed by atoms with Crippen LogP contribution in [0.4, 0.5) is 0 Å². The predicted octanol–water partition coefficient (Wildman–Crippen LogP) is 2.33. The largest absolute Gasteiger partial charge is 0.493 e. The molecule has 1 aromatic rings. The number of hydrogen-bond acceptors (Lipinski definition) is 2. The number of fused-ring (bicyclic) bond motifs is 1. The van der Waals surface area contributed by atoms with Crippen LogP contribution in [0.1, 0.15) is 30.4 Å². The van der Waals surface area contributed by atoms with E-state index >= 15 is 0 Å². The lowest BCUT2D eigenvalue weighted by Crippen LogP contribution is -2.15. The van der Waals surface area contributed by atoms with Gasteiger partial charge in [-0.15, -0.1) is 0 Å². The third-order valence-electron chi connectivity index (χ3n) is 3.02. The fourth-order valence-electron chi connectivity index (χ4n) is 2.09. The van der Waals surface area contributed by atoms with Crippen molar-refractivity contribution >= 4 is 0 Å². The van der Waals surface area contributed by atoms with E-state index in [0.717, 1.165) is 31.7 Å². The van der Waals surface area contributed by atoms with Gasteiger partial charge in [0.1, 0.15) is 5.75 Å². The van der Waals surface area contributed by atoms with Crippen molar-refractivity contribution in [3.63, 3.8) is 0 Å². The Bertz CT molecular complexity index is 335. The summed E-state index contributed by atoms with van der Waals surface area (Å²) in [6.45, 7) is 4.12. The molecule has 1 atom stereocenters. The van der Waals surface area contributed by atoms with Crippen LogP contribution in [0.25, 0.3) is 0 Å². The average Bonchev–Trinajstić information content (AvgIpc) is 2.29. The Labute approximate surface area is 91.6 Å². The zero-order valence-corrected chi connectivity index (χ0v) is 9.55. The van der Waals surface area contributed by atoms with Crippen molar-refractivity contribution in [1.82, 2.24) is 5.32 Å². The SMILES string of the molecule is CNCC(C)c1ccc2c(c1)OCCC2. The maximum Gasteiger partial charge on any atom is 0.122 e. The molecule has 1 heterocycles. The zero-order valence-electron chi connectivity index (χ0n) is 9.55.